The lowest BCUT2D eigenvalue weighted by Gasteiger charge is -2.60. The van der Waals surface area contributed by atoms with Crippen molar-refractivity contribution in [3.05, 3.63) is 0 Å². The molecule has 4 rings (SSSR count). The second-order valence-corrected chi connectivity index (χ2v) is 9.69. The van der Waals surface area contributed by atoms with Gasteiger partial charge in [0, 0.05) is 13.0 Å². The van der Waals surface area contributed by atoms with E-state index in [1.807, 2.05) is 34.6 Å². The van der Waals surface area contributed by atoms with Gasteiger partial charge in [0.2, 0.25) is 0 Å². The lowest BCUT2D eigenvalue weighted by atomic mass is 9.45. The molecule has 7 unspecified atom stereocenters. The number of carbonyl (C=O) groups is 1. The summed E-state index contributed by atoms with van der Waals surface area (Å²) in [5.74, 6) is 4.60. The molecule has 0 aromatic carbocycles. The Bertz CT molecular complexity index is 473. The van der Waals surface area contributed by atoms with Crippen LogP contribution in [0.3, 0.4) is 0 Å². The Hall–Kier alpha value is -0.370. The number of rotatable bonds is 1. The van der Waals surface area contributed by atoms with Crippen molar-refractivity contribution in [3.63, 3.8) is 0 Å². The molecule has 0 saturated heterocycles. The van der Waals surface area contributed by atoms with Gasteiger partial charge in [-0.1, -0.05) is 54.4 Å². The molecule has 4 aliphatic rings. The van der Waals surface area contributed by atoms with Crippen molar-refractivity contribution >= 4 is 5.78 Å². The number of hydrogen-bond acceptors (Lipinski definition) is 2. The second kappa shape index (κ2) is 11.1. The van der Waals surface area contributed by atoms with E-state index >= 15 is 0 Å². The van der Waals surface area contributed by atoms with Crippen LogP contribution in [0.25, 0.3) is 0 Å². The van der Waals surface area contributed by atoms with Crippen LogP contribution < -0.4 is 0 Å². The van der Waals surface area contributed by atoms with Crippen LogP contribution in [0.2, 0.25) is 0 Å². The zero-order chi connectivity index (χ0) is 21.5. The topological polar surface area (TPSA) is 37.3 Å². The molecule has 2 heteroatoms. The molecule has 2 nitrogen and oxygen atoms in total. The number of hydrogen-bond donors (Lipinski definition) is 1. The molecule has 166 valence electrons. The minimum Gasteiger partial charge on any atom is -0.400 e. The number of carbonyl (C=O) groups excluding carboxylic acids is 1. The number of Topliss-reactive ketones (excluding diaryl/α,β-unsaturated/α-hetero) is 1. The Morgan fingerprint density at radius 1 is 0.750 bits per heavy atom. The summed E-state index contributed by atoms with van der Waals surface area (Å²) in [6.07, 6.45) is 14.1. The Morgan fingerprint density at radius 3 is 1.96 bits per heavy atom. The first-order valence-electron chi connectivity index (χ1n) is 12.4. The van der Waals surface area contributed by atoms with Gasteiger partial charge in [-0.3, -0.25) is 4.79 Å². The third kappa shape index (κ3) is 4.37. The fourth-order valence-corrected chi connectivity index (χ4v) is 7.96. The van der Waals surface area contributed by atoms with Gasteiger partial charge in [-0.15, -0.1) is 0 Å². The van der Waals surface area contributed by atoms with E-state index in [1.165, 1.54) is 64.2 Å². The van der Waals surface area contributed by atoms with E-state index < -0.39 is 0 Å². The highest BCUT2D eigenvalue weighted by molar-refractivity contribution is 5.79. The van der Waals surface area contributed by atoms with Crippen LogP contribution in [0, 0.1) is 40.4 Å². The Morgan fingerprint density at radius 2 is 1.36 bits per heavy atom. The number of fused-ring (bicyclic) bond motifs is 5. The fraction of sp³-hybridized carbons (Fsp3) is 0.962. The molecule has 1 N–H and O–H groups in total. The fourth-order valence-electron chi connectivity index (χ4n) is 7.96. The maximum absolute atomic E-state index is 12.2. The molecule has 4 aliphatic carbocycles. The average molecular weight is 395 g/mol. The van der Waals surface area contributed by atoms with Crippen LogP contribution in [-0.2, 0) is 4.79 Å². The van der Waals surface area contributed by atoms with Crippen molar-refractivity contribution in [2.75, 3.05) is 7.11 Å². The van der Waals surface area contributed by atoms with Crippen molar-refractivity contribution in [1.82, 2.24) is 0 Å². The quantitative estimate of drug-likeness (QED) is 0.507. The lowest BCUT2D eigenvalue weighted by Crippen LogP contribution is -2.53. The summed E-state index contributed by atoms with van der Waals surface area (Å²) in [5.41, 5.74) is 0.974. The molecule has 4 fully saturated rings. The first kappa shape index (κ1) is 25.7. The normalized spacial score (nSPS) is 43.2. The second-order valence-electron chi connectivity index (χ2n) is 9.69. The van der Waals surface area contributed by atoms with E-state index in [2.05, 4.69) is 13.8 Å². The lowest BCUT2D eigenvalue weighted by molar-refractivity contribution is -0.133. The smallest absolute Gasteiger partial charge is 0.133 e. The summed E-state index contributed by atoms with van der Waals surface area (Å²) in [4.78, 5) is 12.2. The number of ketones is 1. The van der Waals surface area contributed by atoms with E-state index in [0.717, 1.165) is 30.8 Å². The summed E-state index contributed by atoms with van der Waals surface area (Å²) in [6.45, 7) is 15.0. The highest BCUT2D eigenvalue weighted by atomic mass is 16.2. The van der Waals surface area contributed by atoms with Gasteiger partial charge >= 0.3 is 0 Å². The maximum Gasteiger partial charge on any atom is 0.133 e. The van der Waals surface area contributed by atoms with Gasteiger partial charge in [0.1, 0.15) is 5.78 Å². The molecule has 0 radical (unpaired) electrons. The summed E-state index contributed by atoms with van der Waals surface area (Å²) in [7, 11) is 1.00. The monoisotopic (exact) mass is 394 g/mol. The molecule has 0 heterocycles. The molecule has 0 aromatic heterocycles. The molecule has 4 saturated carbocycles. The zero-order valence-corrected chi connectivity index (χ0v) is 20.3. The minimum absolute atomic E-state index is 0.338. The van der Waals surface area contributed by atoms with E-state index in [-0.39, 0.29) is 0 Å². The van der Waals surface area contributed by atoms with Crippen molar-refractivity contribution < 1.29 is 9.90 Å². The summed E-state index contributed by atoms with van der Waals surface area (Å²) in [6, 6.07) is 0. The van der Waals surface area contributed by atoms with Crippen molar-refractivity contribution in [2.24, 2.45) is 40.4 Å². The highest BCUT2D eigenvalue weighted by Gasteiger charge is 2.60. The number of aliphatic hydroxyl groups is 1. The SMILES string of the molecule is CC.CC.CC(=O)C1CCC2C3CCC4CCCCC4(C)C3CCC12C.CO. The molecule has 0 amide bonds. The first-order chi connectivity index (χ1) is 13.5. The van der Waals surface area contributed by atoms with E-state index in [1.54, 1.807) is 0 Å². The Labute approximate surface area is 176 Å². The molecular formula is C26H50O2. The molecular weight excluding hydrogens is 344 g/mol. The Balaban J connectivity index is 0.000000599. The van der Waals surface area contributed by atoms with E-state index in [9.17, 15) is 4.79 Å². The van der Waals surface area contributed by atoms with Crippen molar-refractivity contribution in [3.8, 4) is 0 Å². The summed E-state index contributed by atoms with van der Waals surface area (Å²) < 4.78 is 0. The van der Waals surface area contributed by atoms with Crippen LogP contribution in [0.5, 0.6) is 0 Å². The number of aliphatic hydroxyl groups excluding tert-OH is 1. The minimum atomic E-state index is 0.338. The molecule has 28 heavy (non-hydrogen) atoms. The van der Waals surface area contributed by atoms with E-state index in [0.29, 0.717) is 22.5 Å². The third-order valence-corrected chi connectivity index (χ3v) is 9.07. The first-order valence-corrected chi connectivity index (χ1v) is 12.4. The van der Waals surface area contributed by atoms with Crippen LogP contribution in [0.15, 0.2) is 0 Å². The molecule has 0 spiro atoms. The van der Waals surface area contributed by atoms with Crippen LogP contribution >= 0.6 is 0 Å². The van der Waals surface area contributed by atoms with Crippen LogP contribution in [0.4, 0.5) is 0 Å². The van der Waals surface area contributed by atoms with Crippen molar-refractivity contribution in [2.45, 2.75) is 113 Å². The Kier molecular flexibility index (Phi) is 10.2. The average Bonchev–Trinajstić information content (AvgIpc) is 3.09. The van der Waals surface area contributed by atoms with Crippen molar-refractivity contribution in [1.29, 1.82) is 0 Å². The van der Waals surface area contributed by atoms with Gasteiger partial charge in [-0.05, 0) is 92.8 Å². The molecule has 0 bridgehead atoms. The predicted molar refractivity (Wildman–Crippen MR) is 121 cm³/mol. The standard InChI is InChI=1S/C21H34O.2C2H6.CH4O/c1-14(22)17-9-10-18-16-8-7-15-6-4-5-12-20(15,2)19(16)11-13-21(17,18)3;3*1-2/h15-19H,4-13H2,1-3H3;2*1-2H3;2H,1H3. The van der Waals surface area contributed by atoms with Gasteiger partial charge < -0.3 is 5.11 Å². The van der Waals surface area contributed by atoms with Gasteiger partial charge in [-0.25, -0.2) is 0 Å². The van der Waals surface area contributed by atoms with Crippen LogP contribution in [-0.4, -0.2) is 18.0 Å². The van der Waals surface area contributed by atoms with Gasteiger partial charge in [0.15, 0.2) is 0 Å². The predicted octanol–water partition coefficient (Wildman–Crippen LogP) is 7.29. The van der Waals surface area contributed by atoms with E-state index in [4.69, 9.17) is 5.11 Å². The molecule has 0 aromatic rings. The van der Waals surface area contributed by atoms with Gasteiger partial charge in [-0.2, -0.15) is 0 Å². The molecule has 7 atom stereocenters. The van der Waals surface area contributed by atoms with Gasteiger partial charge in [0.05, 0.1) is 0 Å². The zero-order valence-electron chi connectivity index (χ0n) is 20.3. The molecule has 0 aliphatic heterocycles. The maximum atomic E-state index is 12.2. The summed E-state index contributed by atoms with van der Waals surface area (Å²) >= 11 is 0. The summed E-state index contributed by atoms with van der Waals surface area (Å²) in [5, 5.41) is 7.00. The highest BCUT2D eigenvalue weighted by Crippen LogP contribution is 2.67. The third-order valence-electron chi connectivity index (χ3n) is 9.07. The van der Waals surface area contributed by atoms with Gasteiger partial charge in [0.25, 0.3) is 0 Å². The van der Waals surface area contributed by atoms with Crippen LogP contribution in [0.1, 0.15) is 113 Å². The largest absolute Gasteiger partial charge is 0.400 e.